The molecule has 2 aromatic heterocycles. The Balaban J connectivity index is 1.55. The third kappa shape index (κ3) is 5.11. The summed E-state index contributed by atoms with van der Waals surface area (Å²) in [5.41, 5.74) is 1.20. The molecule has 0 bridgehead atoms. The standard InChI is InChI=1S/C22H27N5O2S/c1-3-4-10-18(21(28)23-19-13-15(2)29-26-19)30-22-25-24-20(17-11-12-17)27(22)14-16-8-6-5-7-9-16/h5-9,13,17-18H,3-4,10-12,14H2,1-2H3,(H,23,26,28). The minimum Gasteiger partial charge on any atom is -0.360 e. The van der Waals surface area contributed by atoms with Crippen LogP contribution < -0.4 is 5.32 Å². The van der Waals surface area contributed by atoms with E-state index >= 15 is 0 Å². The zero-order chi connectivity index (χ0) is 20.9. The Labute approximate surface area is 180 Å². The normalized spacial score (nSPS) is 14.6. The molecule has 0 radical (unpaired) electrons. The van der Waals surface area contributed by atoms with E-state index in [4.69, 9.17) is 4.52 Å². The number of nitrogens with one attached hydrogen (secondary N) is 1. The summed E-state index contributed by atoms with van der Waals surface area (Å²) in [6.45, 7) is 4.65. The van der Waals surface area contributed by atoms with Gasteiger partial charge in [0, 0.05) is 12.0 Å². The molecule has 0 saturated heterocycles. The van der Waals surface area contributed by atoms with Crippen molar-refractivity contribution >= 4 is 23.5 Å². The van der Waals surface area contributed by atoms with Crippen LogP contribution >= 0.6 is 11.8 Å². The number of benzene rings is 1. The number of anilines is 1. The highest BCUT2D eigenvalue weighted by molar-refractivity contribution is 8.00. The zero-order valence-electron chi connectivity index (χ0n) is 17.4. The van der Waals surface area contributed by atoms with Gasteiger partial charge in [0.2, 0.25) is 5.91 Å². The largest absolute Gasteiger partial charge is 0.360 e. The van der Waals surface area contributed by atoms with E-state index in [2.05, 4.69) is 44.3 Å². The maximum absolute atomic E-state index is 13.0. The predicted octanol–water partition coefficient (Wildman–Crippen LogP) is 4.79. The molecule has 8 heteroatoms. The van der Waals surface area contributed by atoms with Gasteiger partial charge in [0.25, 0.3) is 0 Å². The van der Waals surface area contributed by atoms with Gasteiger partial charge in [0.1, 0.15) is 11.6 Å². The van der Waals surface area contributed by atoms with Gasteiger partial charge < -0.3 is 14.4 Å². The van der Waals surface area contributed by atoms with Crippen molar-refractivity contribution in [2.75, 3.05) is 5.32 Å². The molecule has 3 aromatic rings. The summed E-state index contributed by atoms with van der Waals surface area (Å²) >= 11 is 1.49. The highest BCUT2D eigenvalue weighted by atomic mass is 32.2. The van der Waals surface area contributed by atoms with Crippen LogP contribution in [0, 0.1) is 6.92 Å². The minimum atomic E-state index is -0.271. The van der Waals surface area contributed by atoms with Crippen LogP contribution in [0.25, 0.3) is 0 Å². The molecular weight excluding hydrogens is 398 g/mol. The van der Waals surface area contributed by atoms with Gasteiger partial charge in [0.05, 0.1) is 11.8 Å². The topological polar surface area (TPSA) is 85.8 Å². The first-order chi connectivity index (χ1) is 14.6. The molecule has 1 fully saturated rings. The smallest absolute Gasteiger partial charge is 0.239 e. The summed E-state index contributed by atoms with van der Waals surface area (Å²) in [6, 6.07) is 12.0. The lowest BCUT2D eigenvalue weighted by atomic mass is 10.2. The van der Waals surface area contributed by atoms with Crippen molar-refractivity contribution in [1.82, 2.24) is 19.9 Å². The van der Waals surface area contributed by atoms with E-state index in [0.717, 1.165) is 43.1 Å². The number of hydrogen-bond donors (Lipinski definition) is 1. The molecule has 30 heavy (non-hydrogen) atoms. The van der Waals surface area contributed by atoms with E-state index in [-0.39, 0.29) is 11.2 Å². The van der Waals surface area contributed by atoms with Crippen LogP contribution in [0.15, 0.2) is 46.1 Å². The van der Waals surface area contributed by atoms with Crippen LogP contribution in [-0.4, -0.2) is 31.1 Å². The van der Waals surface area contributed by atoms with Crippen LogP contribution in [-0.2, 0) is 11.3 Å². The zero-order valence-corrected chi connectivity index (χ0v) is 18.2. The van der Waals surface area contributed by atoms with E-state index in [0.29, 0.717) is 24.0 Å². The molecule has 1 amide bonds. The Bertz CT molecular complexity index is 981. The fourth-order valence-electron chi connectivity index (χ4n) is 3.34. The molecule has 7 nitrogen and oxygen atoms in total. The second kappa shape index (κ2) is 9.47. The Morgan fingerprint density at radius 3 is 2.77 bits per heavy atom. The van der Waals surface area contributed by atoms with Gasteiger partial charge >= 0.3 is 0 Å². The van der Waals surface area contributed by atoms with E-state index < -0.39 is 0 Å². The van der Waals surface area contributed by atoms with Gasteiger partial charge in [-0.15, -0.1) is 10.2 Å². The Hall–Kier alpha value is -2.61. The number of aromatic nitrogens is 4. The van der Waals surface area contributed by atoms with Gasteiger partial charge in [0.15, 0.2) is 11.0 Å². The lowest BCUT2D eigenvalue weighted by molar-refractivity contribution is -0.115. The average Bonchev–Trinajstić information content (AvgIpc) is 3.40. The third-order valence-corrected chi connectivity index (χ3v) is 6.36. The van der Waals surface area contributed by atoms with Gasteiger partial charge in [-0.25, -0.2) is 0 Å². The maximum Gasteiger partial charge on any atom is 0.239 e. The van der Waals surface area contributed by atoms with Crippen LogP contribution in [0.2, 0.25) is 0 Å². The van der Waals surface area contributed by atoms with Crippen molar-refractivity contribution in [3.05, 3.63) is 53.5 Å². The van der Waals surface area contributed by atoms with Crippen molar-refractivity contribution in [1.29, 1.82) is 0 Å². The minimum absolute atomic E-state index is 0.0796. The fourth-order valence-corrected chi connectivity index (χ4v) is 4.42. The predicted molar refractivity (Wildman–Crippen MR) is 117 cm³/mol. The summed E-state index contributed by atoms with van der Waals surface area (Å²) < 4.78 is 7.25. The van der Waals surface area contributed by atoms with E-state index in [1.165, 1.54) is 17.3 Å². The van der Waals surface area contributed by atoms with E-state index in [9.17, 15) is 4.79 Å². The molecule has 1 aliphatic rings. The first-order valence-corrected chi connectivity index (χ1v) is 11.4. The summed E-state index contributed by atoms with van der Waals surface area (Å²) in [7, 11) is 0. The molecule has 1 aliphatic carbocycles. The number of nitrogens with zero attached hydrogens (tertiary/aromatic N) is 4. The van der Waals surface area contributed by atoms with E-state index in [1.54, 1.807) is 13.0 Å². The second-order valence-corrected chi connectivity index (χ2v) is 8.92. The number of hydrogen-bond acceptors (Lipinski definition) is 6. The molecular formula is C22H27N5O2S. The number of amides is 1. The highest BCUT2D eigenvalue weighted by Crippen LogP contribution is 2.41. The average molecular weight is 426 g/mol. The van der Waals surface area contributed by atoms with E-state index in [1.807, 2.05) is 18.2 Å². The molecule has 1 aromatic carbocycles. The molecule has 4 rings (SSSR count). The number of rotatable bonds is 10. The van der Waals surface area contributed by atoms with Crippen molar-refractivity contribution < 1.29 is 9.32 Å². The number of unbranched alkanes of at least 4 members (excludes halogenated alkanes) is 1. The number of aryl methyl sites for hydroxylation is 1. The van der Waals surface area contributed by atoms with Crippen molar-refractivity contribution in [2.24, 2.45) is 0 Å². The summed E-state index contributed by atoms with van der Waals surface area (Å²) in [4.78, 5) is 13.0. The maximum atomic E-state index is 13.0. The summed E-state index contributed by atoms with van der Waals surface area (Å²) in [6.07, 6.45) is 5.06. The Kier molecular flexibility index (Phi) is 6.52. The molecule has 1 unspecified atom stereocenters. The molecule has 0 aliphatic heterocycles. The second-order valence-electron chi connectivity index (χ2n) is 7.75. The van der Waals surface area contributed by atoms with Crippen LogP contribution in [0.5, 0.6) is 0 Å². The Morgan fingerprint density at radius 2 is 2.10 bits per heavy atom. The number of carbonyl (C=O) groups is 1. The number of thioether (sulfide) groups is 1. The number of carbonyl (C=O) groups excluding carboxylic acids is 1. The lowest BCUT2D eigenvalue weighted by Crippen LogP contribution is -2.26. The highest BCUT2D eigenvalue weighted by Gasteiger charge is 2.32. The van der Waals surface area contributed by atoms with Crippen LogP contribution in [0.1, 0.15) is 62.1 Å². The van der Waals surface area contributed by atoms with Crippen LogP contribution in [0.3, 0.4) is 0 Å². The quantitative estimate of drug-likeness (QED) is 0.470. The monoisotopic (exact) mass is 425 g/mol. The van der Waals surface area contributed by atoms with Gasteiger partial charge in [-0.3, -0.25) is 4.79 Å². The fraction of sp³-hybridized carbons (Fsp3) is 0.455. The van der Waals surface area contributed by atoms with Crippen molar-refractivity contribution in [2.45, 2.75) is 68.8 Å². The third-order valence-electron chi connectivity index (χ3n) is 5.11. The first kappa shape index (κ1) is 20.7. The SMILES string of the molecule is CCCCC(Sc1nnc(C2CC2)n1Cc1ccccc1)C(=O)Nc1cc(C)on1. The molecule has 158 valence electrons. The van der Waals surface area contributed by atoms with Gasteiger partial charge in [-0.2, -0.15) is 0 Å². The molecule has 1 N–H and O–H groups in total. The summed E-state index contributed by atoms with van der Waals surface area (Å²) in [5, 5.41) is 16.3. The molecule has 0 spiro atoms. The first-order valence-electron chi connectivity index (χ1n) is 10.5. The Morgan fingerprint density at radius 1 is 1.30 bits per heavy atom. The van der Waals surface area contributed by atoms with Crippen molar-refractivity contribution in [3.63, 3.8) is 0 Å². The van der Waals surface area contributed by atoms with Crippen molar-refractivity contribution in [3.8, 4) is 0 Å². The molecule has 1 saturated carbocycles. The lowest BCUT2D eigenvalue weighted by Gasteiger charge is -2.16. The summed E-state index contributed by atoms with van der Waals surface area (Å²) in [5.74, 6) is 2.55. The molecule has 2 heterocycles. The molecule has 1 atom stereocenters. The van der Waals surface area contributed by atoms with Gasteiger partial charge in [-0.1, -0.05) is 67.0 Å². The van der Waals surface area contributed by atoms with Crippen LogP contribution in [0.4, 0.5) is 5.82 Å². The van der Waals surface area contributed by atoms with Gasteiger partial charge in [-0.05, 0) is 31.7 Å².